The summed E-state index contributed by atoms with van der Waals surface area (Å²) in [7, 11) is 0. The van der Waals surface area contributed by atoms with Crippen molar-refractivity contribution in [1.29, 1.82) is 0 Å². The molecule has 0 saturated heterocycles. The van der Waals surface area contributed by atoms with Crippen molar-refractivity contribution in [3.05, 3.63) is 0 Å². The molecule has 0 aromatic heterocycles. The molecular weight excluding hydrogens is 144 g/mol. The summed E-state index contributed by atoms with van der Waals surface area (Å²) >= 11 is 0. The van der Waals surface area contributed by atoms with E-state index in [0.717, 1.165) is 16.7 Å². The molecule has 0 radical (unpaired) electrons. The largest absolute Gasteiger partial charge is 0.0599 e. The molecule has 6 atom stereocenters. The van der Waals surface area contributed by atoms with Gasteiger partial charge in [0.2, 0.25) is 0 Å². The van der Waals surface area contributed by atoms with E-state index in [9.17, 15) is 0 Å². The minimum absolute atomic E-state index is 0.586. The van der Waals surface area contributed by atoms with Crippen LogP contribution < -0.4 is 0 Å². The van der Waals surface area contributed by atoms with Crippen molar-refractivity contribution in [3.8, 4) is 0 Å². The maximum Gasteiger partial charge on any atom is -0.0141 e. The first-order valence-corrected chi connectivity index (χ1v) is 5.46. The van der Waals surface area contributed by atoms with Crippen molar-refractivity contribution in [2.24, 2.45) is 39.9 Å². The summed E-state index contributed by atoms with van der Waals surface area (Å²) in [6.45, 7) is 9.91. The Hall–Kier alpha value is 0. The molecule has 0 heteroatoms. The zero-order valence-electron chi connectivity index (χ0n) is 8.52. The van der Waals surface area contributed by atoms with Gasteiger partial charge in [-0.1, -0.05) is 27.7 Å². The monoisotopic (exact) mass is 162 g/mol. The van der Waals surface area contributed by atoms with Gasteiger partial charge in [0.1, 0.15) is 0 Å². The summed E-state index contributed by atoms with van der Waals surface area (Å²) in [5, 5.41) is 0. The fourth-order valence-corrected chi connectivity index (χ4v) is 6.01. The zero-order chi connectivity index (χ0) is 8.52. The van der Waals surface area contributed by atoms with Crippen LogP contribution in [0.4, 0.5) is 0 Å². The lowest BCUT2D eigenvalue weighted by molar-refractivity contribution is -0.198. The van der Waals surface area contributed by atoms with E-state index in [0.29, 0.717) is 5.41 Å². The Kier molecular flexibility index (Phi) is 0.616. The third-order valence-electron chi connectivity index (χ3n) is 5.93. The summed E-state index contributed by atoms with van der Waals surface area (Å²) in [4.78, 5) is 0. The molecule has 12 heavy (non-hydrogen) atoms. The Bertz CT molecular complexity index is 298. The van der Waals surface area contributed by atoms with Crippen LogP contribution in [0.2, 0.25) is 0 Å². The average Bonchev–Trinajstić information content (AvgIpc) is 2.69. The second kappa shape index (κ2) is 1.14. The van der Waals surface area contributed by atoms with Crippen LogP contribution in [0, 0.1) is 39.9 Å². The zero-order valence-corrected chi connectivity index (χ0v) is 8.52. The summed E-state index contributed by atoms with van der Waals surface area (Å²) in [6.07, 6.45) is 1.58. The lowest BCUT2D eigenvalue weighted by Crippen LogP contribution is -2.62. The Morgan fingerprint density at radius 1 is 1.17 bits per heavy atom. The Morgan fingerprint density at radius 3 is 2.00 bits per heavy atom. The second-order valence-electron chi connectivity index (χ2n) is 7.06. The minimum Gasteiger partial charge on any atom is -0.0599 e. The molecule has 0 aromatic carbocycles. The molecule has 1 unspecified atom stereocenters. The highest BCUT2D eigenvalue weighted by molar-refractivity contribution is 5.53. The van der Waals surface area contributed by atoms with Crippen LogP contribution in [0.3, 0.4) is 0 Å². The predicted octanol–water partition coefficient (Wildman–Crippen LogP) is 2.93. The van der Waals surface area contributed by atoms with E-state index in [-0.39, 0.29) is 0 Å². The van der Waals surface area contributed by atoms with Crippen LogP contribution in [0.5, 0.6) is 0 Å². The molecule has 0 aliphatic heterocycles. The van der Waals surface area contributed by atoms with Gasteiger partial charge in [0, 0.05) is 0 Å². The molecule has 4 fully saturated rings. The van der Waals surface area contributed by atoms with E-state index in [1.54, 1.807) is 6.42 Å². The van der Waals surface area contributed by atoms with Crippen LogP contribution in [0.1, 0.15) is 34.1 Å². The number of hydrogen-bond donors (Lipinski definition) is 0. The lowest BCUT2D eigenvalue weighted by atomic mass is 9.37. The van der Waals surface area contributed by atoms with Crippen molar-refractivity contribution in [2.45, 2.75) is 34.1 Å². The van der Waals surface area contributed by atoms with Gasteiger partial charge in [0.15, 0.2) is 0 Å². The van der Waals surface area contributed by atoms with Crippen LogP contribution >= 0.6 is 0 Å². The summed E-state index contributed by atoms with van der Waals surface area (Å²) in [6, 6.07) is 0. The van der Waals surface area contributed by atoms with Crippen LogP contribution in [-0.4, -0.2) is 0 Å². The van der Waals surface area contributed by atoms with E-state index < -0.39 is 0 Å². The molecule has 4 saturated carbocycles. The van der Waals surface area contributed by atoms with Gasteiger partial charge in [0.25, 0.3) is 0 Å². The highest BCUT2D eigenvalue weighted by Crippen LogP contribution is 3.10. The fraction of sp³-hybridized carbons (Fsp3) is 1.00. The quantitative estimate of drug-likeness (QED) is 0.514. The third kappa shape index (κ3) is 0.300. The topological polar surface area (TPSA) is 0 Å². The van der Waals surface area contributed by atoms with Gasteiger partial charge in [-0.2, -0.15) is 0 Å². The van der Waals surface area contributed by atoms with E-state index in [1.807, 2.05) is 0 Å². The predicted molar refractivity (Wildman–Crippen MR) is 48.6 cm³/mol. The number of rotatable bonds is 0. The molecule has 0 bridgehead atoms. The van der Waals surface area contributed by atoms with Crippen molar-refractivity contribution in [1.82, 2.24) is 0 Å². The first kappa shape index (κ1) is 6.45. The normalized spacial score (nSPS) is 75.0. The average molecular weight is 162 g/mol. The number of hydrogen-bond acceptors (Lipinski definition) is 0. The third-order valence-corrected chi connectivity index (χ3v) is 5.93. The molecule has 4 aliphatic carbocycles. The highest BCUT2D eigenvalue weighted by Gasteiger charge is 3.07. The molecule has 4 rings (SSSR count). The molecule has 4 aliphatic rings. The molecule has 0 heterocycles. The van der Waals surface area contributed by atoms with Crippen molar-refractivity contribution in [2.75, 3.05) is 0 Å². The molecule has 0 N–H and O–H groups in total. The van der Waals surface area contributed by atoms with E-state index in [2.05, 4.69) is 27.7 Å². The fourth-order valence-electron chi connectivity index (χ4n) is 6.01. The van der Waals surface area contributed by atoms with Gasteiger partial charge in [-0.15, -0.1) is 0 Å². The minimum atomic E-state index is 0.586. The standard InChI is InChI=1S/C12H18/c1-10(2,3)9-8-7-6-5-11(9,4)12(6,7)8/h6-9H,5H2,1-4H3/t6-,7-,8-,9?,11+,12-/m0/s1. The first-order chi connectivity index (χ1) is 5.46. The van der Waals surface area contributed by atoms with Crippen LogP contribution in [0.25, 0.3) is 0 Å². The van der Waals surface area contributed by atoms with Gasteiger partial charge in [-0.05, 0) is 46.3 Å². The number of fused-ring (bicyclic) bond motifs is 2. The Labute approximate surface area is 74.7 Å². The molecule has 66 valence electrons. The van der Waals surface area contributed by atoms with E-state index in [1.165, 1.54) is 17.8 Å². The summed E-state index contributed by atoms with van der Waals surface area (Å²) < 4.78 is 0. The maximum absolute atomic E-state index is 2.57. The van der Waals surface area contributed by atoms with Crippen molar-refractivity contribution < 1.29 is 0 Å². The molecule has 0 nitrogen and oxygen atoms in total. The van der Waals surface area contributed by atoms with Crippen molar-refractivity contribution in [3.63, 3.8) is 0 Å². The highest BCUT2D eigenvalue weighted by atomic mass is 15.1. The molecule has 1 spiro atoms. The first-order valence-electron chi connectivity index (χ1n) is 5.46. The molecule has 0 amide bonds. The SMILES string of the molecule is CC(C)(C)C1[C@@H]2[C@@H]3[C@@H]4C[C@@]1(C)[C@@]324. The Morgan fingerprint density at radius 2 is 1.83 bits per heavy atom. The summed E-state index contributed by atoms with van der Waals surface area (Å²) in [5.74, 6) is 4.72. The molecular formula is C12H18. The van der Waals surface area contributed by atoms with Gasteiger partial charge < -0.3 is 0 Å². The molecule has 0 aromatic rings. The second-order valence-corrected chi connectivity index (χ2v) is 7.06. The maximum atomic E-state index is 2.57. The Balaban J connectivity index is 1.77. The smallest absolute Gasteiger partial charge is 0.0141 e. The van der Waals surface area contributed by atoms with Gasteiger partial charge >= 0.3 is 0 Å². The van der Waals surface area contributed by atoms with Crippen LogP contribution in [0.15, 0.2) is 0 Å². The lowest BCUT2D eigenvalue weighted by Gasteiger charge is -2.67. The van der Waals surface area contributed by atoms with Crippen LogP contribution in [-0.2, 0) is 0 Å². The van der Waals surface area contributed by atoms with Crippen molar-refractivity contribution >= 4 is 0 Å². The van der Waals surface area contributed by atoms with E-state index >= 15 is 0 Å². The van der Waals surface area contributed by atoms with Gasteiger partial charge in [-0.3, -0.25) is 0 Å². The van der Waals surface area contributed by atoms with Gasteiger partial charge in [-0.25, -0.2) is 0 Å². The summed E-state index contributed by atoms with van der Waals surface area (Å²) in [5.41, 5.74) is 2.37. The van der Waals surface area contributed by atoms with E-state index in [4.69, 9.17) is 0 Å². The van der Waals surface area contributed by atoms with Gasteiger partial charge in [0.05, 0.1) is 0 Å².